The van der Waals surface area contributed by atoms with Crippen LogP contribution in [0.15, 0.2) is 33.8 Å². The Labute approximate surface area is 165 Å². The molecule has 10 heteroatoms. The number of amides is 4. The second-order valence-corrected chi connectivity index (χ2v) is 6.60. The van der Waals surface area contributed by atoms with E-state index in [1.54, 1.807) is 25.1 Å². The molecule has 1 aliphatic carbocycles. The second kappa shape index (κ2) is 8.13. The third kappa shape index (κ3) is 4.15. The minimum atomic E-state index is -0.775. The summed E-state index contributed by atoms with van der Waals surface area (Å²) in [5.74, 6) is -0.465. The van der Waals surface area contributed by atoms with Crippen molar-refractivity contribution < 1.29 is 18.8 Å². The Morgan fingerprint density at radius 2 is 1.93 bits per heavy atom. The van der Waals surface area contributed by atoms with Gasteiger partial charge in [-0.05, 0) is 38.0 Å². The molecule has 1 aromatic carbocycles. The van der Waals surface area contributed by atoms with E-state index >= 15 is 0 Å². The van der Waals surface area contributed by atoms with Gasteiger partial charge in [-0.1, -0.05) is 17.7 Å². The van der Waals surface area contributed by atoms with Crippen molar-refractivity contribution in [2.45, 2.75) is 26.2 Å². The summed E-state index contributed by atoms with van der Waals surface area (Å²) in [5, 5.41) is 4.41. The van der Waals surface area contributed by atoms with Crippen molar-refractivity contribution in [3.8, 4) is 0 Å². The van der Waals surface area contributed by atoms with Gasteiger partial charge in [0.05, 0.1) is 5.71 Å². The van der Waals surface area contributed by atoms with Gasteiger partial charge in [0.15, 0.2) is 5.76 Å². The van der Waals surface area contributed by atoms with E-state index in [0.717, 1.165) is 6.42 Å². The van der Waals surface area contributed by atoms with Crippen molar-refractivity contribution in [2.24, 2.45) is 10.8 Å². The smallest absolute Gasteiger partial charge is 0.332 e. The number of aryl methyl sites for hydroxylation is 1. The van der Waals surface area contributed by atoms with E-state index in [-0.39, 0.29) is 5.76 Å². The van der Waals surface area contributed by atoms with E-state index < -0.39 is 17.8 Å². The van der Waals surface area contributed by atoms with Gasteiger partial charge in [-0.2, -0.15) is 5.10 Å². The molecule has 0 saturated heterocycles. The van der Waals surface area contributed by atoms with Gasteiger partial charge < -0.3 is 10.2 Å². The molecule has 0 spiro atoms. The number of carbonyl (C=O) groups excluding carboxylic acids is 3. The molecule has 0 fully saturated rings. The van der Waals surface area contributed by atoms with E-state index in [4.69, 9.17) is 21.8 Å². The van der Waals surface area contributed by atoms with Crippen LogP contribution in [0, 0.1) is 6.92 Å². The van der Waals surface area contributed by atoms with Crippen LogP contribution in [0.25, 0.3) is 0 Å². The number of nitrogens with zero attached hydrogens (tertiary/aromatic N) is 1. The lowest BCUT2D eigenvalue weighted by Gasteiger charge is -2.13. The van der Waals surface area contributed by atoms with Crippen LogP contribution in [0.4, 0.5) is 4.79 Å². The first-order valence-corrected chi connectivity index (χ1v) is 8.85. The van der Waals surface area contributed by atoms with Crippen LogP contribution in [0.3, 0.4) is 0 Å². The molecule has 9 nitrogen and oxygen atoms in total. The SMILES string of the molecule is Cc1c(C(=O)NNC(=O)c2cccc(Cl)c2)oc2c1/C(=N/NC(N)=O)CCC2. The first-order valence-electron chi connectivity index (χ1n) is 8.47. The van der Waals surface area contributed by atoms with Crippen molar-refractivity contribution >= 4 is 35.2 Å². The number of hydrogen-bond donors (Lipinski definition) is 4. The summed E-state index contributed by atoms with van der Waals surface area (Å²) in [6.07, 6.45) is 2.00. The molecule has 1 aliphatic rings. The average Bonchev–Trinajstić information content (AvgIpc) is 3.01. The fourth-order valence-electron chi connectivity index (χ4n) is 2.99. The van der Waals surface area contributed by atoms with Crippen molar-refractivity contribution in [2.75, 3.05) is 0 Å². The number of nitrogens with one attached hydrogen (secondary N) is 3. The highest BCUT2D eigenvalue weighted by atomic mass is 35.5. The van der Waals surface area contributed by atoms with E-state index in [1.165, 1.54) is 6.07 Å². The van der Waals surface area contributed by atoms with Crippen molar-refractivity contribution in [1.29, 1.82) is 0 Å². The third-order valence-electron chi connectivity index (χ3n) is 4.21. The fraction of sp³-hybridized carbons (Fsp3) is 0.222. The third-order valence-corrected chi connectivity index (χ3v) is 4.44. The Morgan fingerprint density at radius 1 is 1.18 bits per heavy atom. The molecule has 2 aromatic rings. The topological polar surface area (TPSA) is 139 Å². The van der Waals surface area contributed by atoms with Crippen molar-refractivity contribution in [3.05, 3.63) is 57.5 Å². The van der Waals surface area contributed by atoms with Crippen LogP contribution in [-0.2, 0) is 6.42 Å². The number of rotatable bonds is 3. The molecule has 146 valence electrons. The number of urea groups is 1. The van der Waals surface area contributed by atoms with E-state index in [0.29, 0.717) is 46.0 Å². The molecule has 3 rings (SSSR count). The van der Waals surface area contributed by atoms with E-state index in [9.17, 15) is 14.4 Å². The summed E-state index contributed by atoms with van der Waals surface area (Å²) < 4.78 is 5.68. The Bertz CT molecular complexity index is 982. The quantitative estimate of drug-likeness (QED) is 0.582. The molecular formula is C18H18ClN5O4. The lowest BCUT2D eigenvalue weighted by molar-refractivity contribution is 0.0829. The zero-order valence-corrected chi connectivity index (χ0v) is 15.7. The molecule has 0 saturated carbocycles. The van der Waals surface area contributed by atoms with Crippen LogP contribution < -0.4 is 22.0 Å². The van der Waals surface area contributed by atoms with Crippen molar-refractivity contribution in [3.63, 3.8) is 0 Å². The Morgan fingerprint density at radius 3 is 2.64 bits per heavy atom. The van der Waals surface area contributed by atoms with Gasteiger partial charge >= 0.3 is 11.9 Å². The number of halogens is 1. The highest BCUT2D eigenvalue weighted by Gasteiger charge is 2.28. The monoisotopic (exact) mass is 403 g/mol. The standard InChI is InChI=1S/C18H18ClN5O4/c1-9-14-12(21-24-18(20)27)6-3-7-13(14)28-15(9)17(26)23-22-16(25)10-4-2-5-11(19)8-10/h2,4-5,8H,3,6-7H2,1H3,(H,22,25)(H,23,26)(H3,20,24,27)/b21-12+. The number of hydrazine groups is 1. The normalized spacial score (nSPS) is 14.3. The molecule has 0 atom stereocenters. The maximum atomic E-state index is 12.5. The summed E-state index contributed by atoms with van der Waals surface area (Å²) in [6, 6.07) is 5.54. The molecular weight excluding hydrogens is 386 g/mol. The minimum Gasteiger partial charge on any atom is -0.455 e. The minimum absolute atomic E-state index is 0.0602. The summed E-state index contributed by atoms with van der Waals surface area (Å²) in [5.41, 5.74) is 14.0. The zero-order chi connectivity index (χ0) is 20.3. The number of hydrogen-bond acceptors (Lipinski definition) is 5. The summed E-state index contributed by atoms with van der Waals surface area (Å²) in [6.45, 7) is 1.71. The number of hydrazone groups is 1. The highest BCUT2D eigenvalue weighted by molar-refractivity contribution is 6.31. The molecule has 1 heterocycles. The largest absolute Gasteiger partial charge is 0.455 e. The number of carbonyl (C=O) groups is 3. The van der Waals surface area contributed by atoms with Gasteiger partial charge in [0.25, 0.3) is 5.91 Å². The van der Waals surface area contributed by atoms with Gasteiger partial charge in [0.2, 0.25) is 0 Å². The Hall–Kier alpha value is -3.33. The maximum Gasteiger partial charge on any atom is 0.332 e. The van der Waals surface area contributed by atoms with Gasteiger partial charge in [-0.15, -0.1) is 0 Å². The Kier molecular flexibility index (Phi) is 5.65. The maximum absolute atomic E-state index is 12.5. The second-order valence-electron chi connectivity index (χ2n) is 6.16. The Balaban J connectivity index is 1.75. The summed E-state index contributed by atoms with van der Waals surface area (Å²) in [7, 11) is 0. The van der Waals surface area contributed by atoms with Gasteiger partial charge in [0, 0.05) is 28.1 Å². The zero-order valence-electron chi connectivity index (χ0n) is 15.0. The predicted molar refractivity (Wildman–Crippen MR) is 102 cm³/mol. The molecule has 28 heavy (non-hydrogen) atoms. The van der Waals surface area contributed by atoms with Crippen LogP contribution in [0.5, 0.6) is 0 Å². The summed E-state index contributed by atoms with van der Waals surface area (Å²) >= 11 is 5.86. The van der Waals surface area contributed by atoms with Crippen LogP contribution in [0.1, 0.15) is 50.6 Å². The van der Waals surface area contributed by atoms with Gasteiger partial charge in [0.1, 0.15) is 5.76 Å². The molecule has 1 aromatic heterocycles. The lowest BCUT2D eigenvalue weighted by Crippen LogP contribution is -2.41. The molecule has 4 amide bonds. The molecule has 0 aliphatic heterocycles. The number of furan rings is 1. The van der Waals surface area contributed by atoms with E-state index in [1.807, 2.05) is 0 Å². The lowest BCUT2D eigenvalue weighted by atomic mass is 9.93. The van der Waals surface area contributed by atoms with Gasteiger partial charge in [-0.25, -0.2) is 10.2 Å². The first kappa shape index (κ1) is 19.4. The molecule has 0 radical (unpaired) electrons. The molecule has 0 unspecified atom stereocenters. The van der Waals surface area contributed by atoms with Crippen LogP contribution >= 0.6 is 11.6 Å². The fourth-order valence-corrected chi connectivity index (χ4v) is 3.18. The van der Waals surface area contributed by atoms with Crippen LogP contribution in [-0.4, -0.2) is 23.6 Å². The molecule has 5 N–H and O–H groups in total. The predicted octanol–water partition coefficient (Wildman–Crippen LogP) is 2.02. The van der Waals surface area contributed by atoms with E-state index in [2.05, 4.69) is 21.4 Å². The molecule has 0 bridgehead atoms. The number of fused-ring (bicyclic) bond motifs is 1. The van der Waals surface area contributed by atoms with Crippen molar-refractivity contribution in [1.82, 2.24) is 16.3 Å². The van der Waals surface area contributed by atoms with Gasteiger partial charge in [-0.3, -0.25) is 20.4 Å². The number of benzene rings is 1. The number of primary amides is 1. The first-order chi connectivity index (χ1) is 13.4. The van der Waals surface area contributed by atoms with Crippen LogP contribution in [0.2, 0.25) is 5.02 Å². The average molecular weight is 404 g/mol. The number of nitrogens with two attached hydrogens (primary N) is 1. The summed E-state index contributed by atoms with van der Waals surface area (Å²) in [4.78, 5) is 35.5. The highest BCUT2D eigenvalue weighted by Crippen LogP contribution is 2.29.